The number of alkyl halides is 3. The molecule has 0 bridgehead atoms. The van der Waals surface area contributed by atoms with E-state index in [9.17, 15) is 13.2 Å². The number of piperidine rings is 1. The van der Waals surface area contributed by atoms with Gasteiger partial charge >= 0.3 is 6.18 Å². The average Bonchev–Trinajstić information content (AvgIpc) is 2.51. The molecule has 0 aromatic heterocycles. The first-order valence-electron chi connectivity index (χ1n) is 8.05. The van der Waals surface area contributed by atoms with Crippen LogP contribution in [0.1, 0.15) is 30.0 Å². The van der Waals surface area contributed by atoms with Gasteiger partial charge in [0.1, 0.15) is 0 Å². The number of hydrogen-bond donors (Lipinski definition) is 1. The molecule has 1 saturated heterocycles. The molecule has 1 heterocycles. The molecule has 2 rings (SSSR count). The van der Waals surface area contributed by atoms with Crippen LogP contribution in [0.2, 0.25) is 0 Å². The number of guanidine groups is 1. The van der Waals surface area contributed by atoms with Crippen molar-refractivity contribution in [3.05, 3.63) is 35.4 Å². The van der Waals surface area contributed by atoms with Crippen molar-refractivity contribution in [2.24, 2.45) is 16.6 Å². The molecule has 134 valence electrons. The van der Waals surface area contributed by atoms with Crippen LogP contribution in [-0.4, -0.2) is 50.0 Å². The number of halogens is 3. The van der Waals surface area contributed by atoms with Crippen molar-refractivity contribution < 1.29 is 13.2 Å². The van der Waals surface area contributed by atoms with E-state index in [2.05, 4.69) is 9.89 Å². The lowest BCUT2D eigenvalue weighted by molar-refractivity contribution is -0.137. The number of likely N-dealkylation sites (tertiary alicyclic amines) is 1. The second kappa shape index (κ2) is 7.42. The predicted molar refractivity (Wildman–Crippen MR) is 89.7 cm³/mol. The number of aliphatic imine (C=N–C) groups is 1. The summed E-state index contributed by atoms with van der Waals surface area (Å²) in [5, 5.41) is 0. The van der Waals surface area contributed by atoms with Gasteiger partial charge in [0.15, 0.2) is 5.96 Å². The molecule has 7 heteroatoms. The molecule has 0 saturated carbocycles. The minimum atomic E-state index is -4.30. The third-order valence-corrected chi connectivity index (χ3v) is 4.53. The van der Waals surface area contributed by atoms with Gasteiger partial charge in [0.05, 0.1) is 5.56 Å². The molecule has 1 aliphatic heterocycles. The second-order valence-corrected chi connectivity index (χ2v) is 6.54. The SMILES string of the molecule is CN(C)C(N)=NC[C@H]1CCCN(C)[C@@H]1c1ccc(C(F)(F)F)cc1. The molecule has 0 radical (unpaired) electrons. The summed E-state index contributed by atoms with van der Waals surface area (Å²) >= 11 is 0. The maximum absolute atomic E-state index is 12.8. The first-order valence-corrected chi connectivity index (χ1v) is 8.05. The van der Waals surface area contributed by atoms with Crippen molar-refractivity contribution in [2.75, 3.05) is 34.2 Å². The van der Waals surface area contributed by atoms with Crippen molar-refractivity contribution in [1.82, 2.24) is 9.80 Å². The van der Waals surface area contributed by atoms with Gasteiger partial charge in [-0.05, 0) is 50.0 Å². The van der Waals surface area contributed by atoms with Crippen LogP contribution in [0.3, 0.4) is 0 Å². The minimum Gasteiger partial charge on any atom is -0.370 e. The smallest absolute Gasteiger partial charge is 0.370 e. The van der Waals surface area contributed by atoms with E-state index in [1.165, 1.54) is 0 Å². The van der Waals surface area contributed by atoms with E-state index in [0.29, 0.717) is 12.5 Å². The molecule has 1 aliphatic rings. The summed E-state index contributed by atoms with van der Waals surface area (Å²) in [6, 6.07) is 5.54. The largest absolute Gasteiger partial charge is 0.416 e. The fourth-order valence-corrected chi connectivity index (χ4v) is 3.20. The topological polar surface area (TPSA) is 44.9 Å². The third-order valence-electron chi connectivity index (χ3n) is 4.53. The van der Waals surface area contributed by atoms with Crippen molar-refractivity contribution in [3.8, 4) is 0 Å². The Balaban J connectivity index is 2.21. The van der Waals surface area contributed by atoms with Gasteiger partial charge in [0.2, 0.25) is 0 Å². The van der Waals surface area contributed by atoms with Crippen LogP contribution >= 0.6 is 0 Å². The molecular weight excluding hydrogens is 317 g/mol. The van der Waals surface area contributed by atoms with Crippen molar-refractivity contribution >= 4 is 5.96 Å². The van der Waals surface area contributed by atoms with E-state index >= 15 is 0 Å². The van der Waals surface area contributed by atoms with Crippen LogP contribution in [0.25, 0.3) is 0 Å². The van der Waals surface area contributed by atoms with Crippen LogP contribution in [0.5, 0.6) is 0 Å². The second-order valence-electron chi connectivity index (χ2n) is 6.54. The molecular formula is C17H25F3N4. The summed E-state index contributed by atoms with van der Waals surface area (Å²) in [7, 11) is 5.67. The maximum atomic E-state index is 12.8. The van der Waals surface area contributed by atoms with Gasteiger partial charge in [-0.3, -0.25) is 9.89 Å². The molecule has 1 aromatic carbocycles. The van der Waals surface area contributed by atoms with E-state index in [0.717, 1.165) is 37.1 Å². The van der Waals surface area contributed by atoms with E-state index < -0.39 is 11.7 Å². The summed E-state index contributed by atoms with van der Waals surface area (Å²) in [6.07, 6.45) is -2.27. The first-order chi connectivity index (χ1) is 11.2. The Morgan fingerprint density at radius 1 is 1.29 bits per heavy atom. The number of hydrogen-bond acceptors (Lipinski definition) is 2. The highest BCUT2D eigenvalue weighted by atomic mass is 19.4. The zero-order valence-corrected chi connectivity index (χ0v) is 14.3. The highest BCUT2D eigenvalue weighted by molar-refractivity contribution is 5.77. The molecule has 2 atom stereocenters. The third kappa shape index (κ3) is 4.41. The summed E-state index contributed by atoms with van der Waals surface area (Å²) in [5.74, 6) is 0.702. The Bertz CT molecular complexity index is 566. The lowest BCUT2D eigenvalue weighted by Crippen LogP contribution is -2.38. The van der Waals surface area contributed by atoms with Gasteiger partial charge in [-0.1, -0.05) is 12.1 Å². The predicted octanol–water partition coefficient (Wildman–Crippen LogP) is 2.96. The van der Waals surface area contributed by atoms with E-state index in [4.69, 9.17) is 5.73 Å². The molecule has 24 heavy (non-hydrogen) atoms. The zero-order valence-electron chi connectivity index (χ0n) is 14.3. The van der Waals surface area contributed by atoms with Gasteiger partial charge in [-0.15, -0.1) is 0 Å². The van der Waals surface area contributed by atoms with Crippen molar-refractivity contribution in [2.45, 2.75) is 25.1 Å². The highest BCUT2D eigenvalue weighted by Crippen LogP contribution is 2.37. The van der Waals surface area contributed by atoms with Crippen LogP contribution < -0.4 is 5.73 Å². The molecule has 4 nitrogen and oxygen atoms in total. The lowest BCUT2D eigenvalue weighted by atomic mass is 9.84. The number of benzene rings is 1. The Hall–Kier alpha value is -1.76. The molecule has 2 N–H and O–H groups in total. The number of nitrogens with two attached hydrogens (primary N) is 1. The van der Waals surface area contributed by atoms with Crippen LogP contribution in [-0.2, 0) is 6.18 Å². The van der Waals surface area contributed by atoms with Gasteiger partial charge in [0.25, 0.3) is 0 Å². The zero-order chi connectivity index (χ0) is 17.9. The molecule has 0 amide bonds. The fourth-order valence-electron chi connectivity index (χ4n) is 3.20. The summed E-state index contributed by atoms with van der Waals surface area (Å²) in [4.78, 5) is 8.37. The van der Waals surface area contributed by atoms with Gasteiger partial charge in [0, 0.05) is 26.7 Å². The Morgan fingerprint density at radius 2 is 1.92 bits per heavy atom. The van der Waals surface area contributed by atoms with Gasteiger partial charge < -0.3 is 10.6 Å². The molecule has 1 aromatic rings. The monoisotopic (exact) mass is 342 g/mol. The summed E-state index contributed by atoms with van der Waals surface area (Å²) < 4.78 is 38.3. The quantitative estimate of drug-likeness (QED) is 0.678. The van der Waals surface area contributed by atoms with E-state index in [1.54, 1.807) is 17.0 Å². The Kier molecular flexibility index (Phi) is 5.74. The normalized spacial score (nSPS) is 23.3. The van der Waals surface area contributed by atoms with Crippen molar-refractivity contribution in [3.63, 3.8) is 0 Å². The first kappa shape index (κ1) is 18.6. The number of nitrogens with zero attached hydrogens (tertiary/aromatic N) is 3. The van der Waals surface area contributed by atoms with Crippen LogP contribution in [0.4, 0.5) is 13.2 Å². The summed E-state index contributed by atoms with van der Waals surface area (Å²) in [6.45, 7) is 1.50. The maximum Gasteiger partial charge on any atom is 0.416 e. The Morgan fingerprint density at radius 3 is 2.46 bits per heavy atom. The van der Waals surface area contributed by atoms with E-state index in [-0.39, 0.29) is 12.0 Å². The lowest BCUT2D eigenvalue weighted by Gasteiger charge is -2.39. The minimum absolute atomic E-state index is 0.0553. The molecule has 0 spiro atoms. The van der Waals surface area contributed by atoms with Crippen LogP contribution in [0.15, 0.2) is 29.3 Å². The molecule has 0 aliphatic carbocycles. The Labute approximate surface area is 141 Å². The van der Waals surface area contributed by atoms with E-state index in [1.807, 2.05) is 21.1 Å². The molecule has 0 unspecified atom stereocenters. The van der Waals surface area contributed by atoms with Crippen molar-refractivity contribution in [1.29, 1.82) is 0 Å². The fraction of sp³-hybridized carbons (Fsp3) is 0.588. The molecule has 1 fully saturated rings. The van der Waals surface area contributed by atoms with Crippen LogP contribution in [0, 0.1) is 5.92 Å². The number of rotatable bonds is 3. The van der Waals surface area contributed by atoms with Gasteiger partial charge in [-0.25, -0.2) is 0 Å². The standard InChI is InChI=1S/C17H25F3N4/c1-23(2)16(21)22-11-13-5-4-10-24(3)15(13)12-6-8-14(9-7-12)17(18,19)20/h6-9,13,15H,4-5,10-11H2,1-3H3,(H2,21,22)/t13-,15-/m1/s1. The highest BCUT2D eigenvalue weighted by Gasteiger charge is 2.33. The van der Waals surface area contributed by atoms with Gasteiger partial charge in [-0.2, -0.15) is 13.2 Å². The average molecular weight is 342 g/mol. The summed E-state index contributed by atoms with van der Waals surface area (Å²) in [5.41, 5.74) is 6.14.